The van der Waals surface area contributed by atoms with Gasteiger partial charge in [-0.3, -0.25) is 4.79 Å². The van der Waals surface area contributed by atoms with E-state index in [-0.39, 0.29) is 17.3 Å². The van der Waals surface area contributed by atoms with E-state index in [0.717, 1.165) is 31.0 Å². The summed E-state index contributed by atoms with van der Waals surface area (Å²) in [6.07, 6.45) is 3.09. The summed E-state index contributed by atoms with van der Waals surface area (Å²) in [6.45, 7) is 2.66. The number of carbonyl (C=O) groups excluding carboxylic acids is 1. The zero-order valence-corrected chi connectivity index (χ0v) is 15.0. The van der Waals surface area contributed by atoms with E-state index in [2.05, 4.69) is 0 Å². The van der Waals surface area contributed by atoms with Crippen molar-refractivity contribution >= 4 is 5.91 Å². The summed E-state index contributed by atoms with van der Waals surface area (Å²) in [6, 6.07) is 2.95. The topological polar surface area (TPSA) is 48.0 Å². The van der Waals surface area contributed by atoms with Crippen LogP contribution in [0, 0.1) is 11.6 Å². The Kier molecular flexibility index (Phi) is 6.21. The number of methoxy groups -OCH3 is 1. The van der Waals surface area contributed by atoms with Crippen LogP contribution in [0.1, 0.15) is 36.0 Å². The molecule has 7 heteroatoms. The third-order valence-corrected chi connectivity index (χ3v) is 5.21. The Bertz CT molecular complexity index is 632. The number of hydrogen-bond acceptors (Lipinski definition) is 4. The van der Waals surface area contributed by atoms with Crippen molar-refractivity contribution < 1.29 is 27.8 Å². The van der Waals surface area contributed by atoms with Crippen LogP contribution in [-0.2, 0) is 14.2 Å². The van der Waals surface area contributed by atoms with Crippen molar-refractivity contribution in [1.82, 2.24) is 4.90 Å². The average molecular weight is 369 g/mol. The standard InChI is InChI=1S/C19H25F2NO4/c1-24-10-11-25-15-4-9-26-19(13-15)5-7-22(8-6-19)18(23)16-12-14(20)2-3-17(16)21/h2-3,12,15H,4-11,13H2,1H3. The summed E-state index contributed by atoms with van der Waals surface area (Å²) in [5, 5.41) is 0. The maximum atomic E-state index is 13.9. The number of likely N-dealkylation sites (tertiary alicyclic amines) is 1. The van der Waals surface area contributed by atoms with Crippen molar-refractivity contribution in [3.63, 3.8) is 0 Å². The molecule has 2 heterocycles. The highest BCUT2D eigenvalue weighted by Crippen LogP contribution is 2.36. The zero-order valence-electron chi connectivity index (χ0n) is 15.0. The van der Waals surface area contributed by atoms with Gasteiger partial charge in [0.1, 0.15) is 11.6 Å². The van der Waals surface area contributed by atoms with Gasteiger partial charge in [-0.25, -0.2) is 8.78 Å². The molecule has 1 unspecified atom stereocenters. The van der Waals surface area contributed by atoms with Crippen LogP contribution >= 0.6 is 0 Å². The highest BCUT2D eigenvalue weighted by atomic mass is 19.1. The Labute approximate surface area is 152 Å². The van der Waals surface area contributed by atoms with E-state index in [9.17, 15) is 13.6 Å². The zero-order chi connectivity index (χ0) is 18.6. The molecule has 0 aromatic heterocycles. The number of nitrogens with zero attached hydrogens (tertiary/aromatic N) is 1. The van der Waals surface area contributed by atoms with Crippen LogP contribution < -0.4 is 0 Å². The number of ether oxygens (including phenoxy) is 3. The SMILES string of the molecule is COCCOC1CCOC2(CCN(C(=O)c3cc(F)ccc3F)CC2)C1. The predicted molar refractivity (Wildman–Crippen MR) is 91.0 cm³/mol. The molecular weight excluding hydrogens is 344 g/mol. The van der Waals surface area contributed by atoms with Gasteiger partial charge in [0.2, 0.25) is 0 Å². The monoisotopic (exact) mass is 369 g/mol. The fourth-order valence-electron chi connectivity index (χ4n) is 3.72. The van der Waals surface area contributed by atoms with Gasteiger partial charge in [0.05, 0.1) is 30.5 Å². The van der Waals surface area contributed by atoms with Crippen LogP contribution in [0.5, 0.6) is 0 Å². The minimum absolute atomic E-state index is 0.127. The number of rotatable bonds is 5. The molecule has 0 aliphatic carbocycles. The fraction of sp³-hybridized carbons (Fsp3) is 0.632. The first-order chi connectivity index (χ1) is 12.5. The molecule has 1 amide bonds. The van der Waals surface area contributed by atoms with Crippen LogP contribution in [0.3, 0.4) is 0 Å². The molecule has 26 heavy (non-hydrogen) atoms. The first-order valence-corrected chi connectivity index (χ1v) is 9.02. The first kappa shape index (κ1) is 19.2. The molecule has 5 nitrogen and oxygen atoms in total. The minimum Gasteiger partial charge on any atom is -0.382 e. The van der Waals surface area contributed by atoms with Crippen LogP contribution in [0.4, 0.5) is 8.78 Å². The van der Waals surface area contributed by atoms with Crippen molar-refractivity contribution in [3.8, 4) is 0 Å². The molecule has 0 N–H and O–H groups in total. The molecule has 2 aliphatic rings. The number of amides is 1. The van der Waals surface area contributed by atoms with Gasteiger partial charge in [-0.05, 0) is 37.5 Å². The predicted octanol–water partition coefficient (Wildman–Crippen LogP) is 2.78. The molecule has 1 atom stereocenters. The second-order valence-electron chi connectivity index (χ2n) is 6.93. The van der Waals surface area contributed by atoms with E-state index < -0.39 is 17.5 Å². The Morgan fingerprint density at radius 2 is 2.08 bits per heavy atom. The molecule has 0 bridgehead atoms. The van der Waals surface area contributed by atoms with Gasteiger partial charge < -0.3 is 19.1 Å². The summed E-state index contributed by atoms with van der Waals surface area (Å²) in [7, 11) is 1.64. The Morgan fingerprint density at radius 3 is 2.81 bits per heavy atom. The third-order valence-electron chi connectivity index (χ3n) is 5.21. The maximum absolute atomic E-state index is 13.9. The number of halogens is 2. The summed E-state index contributed by atoms with van der Waals surface area (Å²) < 4.78 is 44.1. The molecule has 144 valence electrons. The van der Waals surface area contributed by atoms with E-state index in [1.165, 1.54) is 0 Å². The van der Waals surface area contributed by atoms with Crippen molar-refractivity contribution in [2.24, 2.45) is 0 Å². The van der Waals surface area contributed by atoms with Gasteiger partial charge in [0, 0.05) is 33.2 Å². The summed E-state index contributed by atoms with van der Waals surface area (Å²) in [4.78, 5) is 14.1. The Hall–Kier alpha value is -1.57. The van der Waals surface area contributed by atoms with E-state index in [4.69, 9.17) is 14.2 Å². The molecule has 1 spiro atoms. The van der Waals surface area contributed by atoms with Crippen LogP contribution in [0.2, 0.25) is 0 Å². The van der Waals surface area contributed by atoms with Crippen molar-refractivity contribution in [2.75, 3.05) is 40.0 Å². The second kappa shape index (κ2) is 8.41. The van der Waals surface area contributed by atoms with Crippen LogP contribution in [-0.4, -0.2) is 62.5 Å². The van der Waals surface area contributed by atoms with Crippen molar-refractivity contribution in [3.05, 3.63) is 35.4 Å². The fourth-order valence-corrected chi connectivity index (χ4v) is 3.72. The lowest BCUT2D eigenvalue weighted by Gasteiger charge is -2.46. The van der Waals surface area contributed by atoms with Crippen molar-refractivity contribution in [1.29, 1.82) is 0 Å². The number of piperidine rings is 1. The lowest BCUT2D eigenvalue weighted by Crippen LogP contribution is -2.52. The molecule has 2 fully saturated rings. The minimum atomic E-state index is -0.697. The third kappa shape index (κ3) is 4.39. The normalized spacial score (nSPS) is 22.6. The van der Waals surface area contributed by atoms with Gasteiger partial charge in [-0.2, -0.15) is 0 Å². The van der Waals surface area contributed by atoms with E-state index in [1.807, 2.05) is 0 Å². The molecule has 2 saturated heterocycles. The number of benzene rings is 1. The van der Waals surface area contributed by atoms with Crippen LogP contribution in [0.25, 0.3) is 0 Å². The van der Waals surface area contributed by atoms with E-state index in [0.29, 0.717) is 45.8 Å². The quantitative estimate of drug-likeness (QED) is 0.749. The van der Waals surface area contributed by atoms with Gasteiger partial charge in [-0.15, -0.1) is 0 Å². The molecular formula is C19H25F2NO4. The van der Waals surface area contributed by atoms with E-state index >= 15 is 0 Å². The largest absolute Gasteiger partial charge is 0.382 e. The summed E-state index contributed by atoms with van der Waals surface area (Å²) in [5.74, 6) is -1.78. The highest BCUT2D eigenvalue weighted by Gasteiger charge is 2.41. The van der Waals surface area contributed by atoms with Gasteiger partial charge in [-0.1, -0.05) is 0 Å². The first-order valence-electron chi connectivity index (χ1n) is 9.02. The number of hydrogen-bond donors (Lipinski definition) is 0. The van der Waals surface area contributed by atoms with E-state index in [1.54, 1.807) is 12.0 Å². The van der Waals surface area contributed by atoms with Gasteiger partial charge >= 0.3 is 0 Å². The average Bonchev–Trinajstić information content (AvgIpc) is 2.64. The maximum Gasteiger partial charge on any atom is 0.256 e. The Morgan fingerprint density at radius 1 is 1.31 bits per heavy atom. The van der Waals surface area contributed by atoms with Crippen LogP contribution in [0.15, 0.2) is 18.2 Å². The van der Waals surface area contributed by atoms with Crippen molar-refractivity contribution in [2.45, 2.75) is 37.4 Å². The lowest BCUT2D eigenvalue weighted by molar-refractivity contribution is -0.154. The lowest BCUT2D eigenvalue weighted by atomic mass is 9.83. The highest BCUT2D eigenvalue weighted by molar-refractivity contribution is 5.94. The van der Waals surface area contributed by atoms with Gasteiger partial charge in [0.25, 0.3) is 5.91 Å². The molecule has 1 aromatic rings. The summed E-state index contributed by atoms with van der Waals surface area (Å²) >= 11 is 0. The second-order valence-corrected chi connectivity index (χ2v) is 6.93. The smallest absolute Gasteiger partial charge is 0.256 e. The summed E-state index contributed by atoms with van der Waals surface area (Å²) in [5.41, 5.74) is -0.515. The molecule has 3 rings (SSSR count). The molecule has 0 radical (unpaired) electrons. The van der Waals surface area contributed by atoms with Gasteiger partial charge in [0.15, 0.2) is 0 Å². The number of carbonyl (C=O) groups is 1. The Balaban J connectivity index is 1.58. The molecule has 1 aromatic carbocycles. The molecule has 2 aliphatic heterocycles. The molecule has 0 saturated carbocycles.